The molecule has 0 aliphatic carbocycles. The Hall–Kier alpha value is -1.39. The molecule has 2 aromatic rings. The first-order chi connectivity index (χ1) is 10.2. The van der Waals surface area contributed by atoms with Gasteiger partial charge < -0.3 is 4.90 Å². The number of amides is 1. The van der Waals surface area contributed by atoms with Gasteiger partial charge >= 0.3 is 0 Å². The van der Waals surface area contributed by atoms with Crippen LogP contribution in [0.25, 0.3) is 0 Å². The van der Waals surface area contributed by atoms with Gasteiger partial charge in [-0.2, -0.15) is 0 Å². The molecule has 1 aliphatic heterocycles. The van der Waals surface area contributed by atoms with Gasteiger partial charge in [-0.1, -0.05) is 39.7 Å². The van der Waals surface area contributed by atoms with Crippen molar-refractivity contribution in [3.05, 3.63) is 63.3 Å². The zero-order valence-electron chi connectivity index (χ0n) is 11.3. The van der Waals surface area contributed by atoms with Crippen LogP contribution < -0.4 is 0 Å². The van der Waals surface area contributed by atoms with Crippen molar-refractivity contribution in [3.8, 4) is 0 Å². The number of hydrogen-bond donors (Lipinski definition) is 0. The minimum absolute atomic E-state index is 0.0458. The first kappa shape index (κ1) is 14.5. The Bertz CT molecular complexity index is 677. The van der Waals surface area contributed by atoms with Gasteiger partial charge in [0.2, 0.25) is 0 Å². The molecule has 1 amide bonds. The molecule has 1 aromatic heterocycles. The highest BCUT2D eigenvalue weighted by atomic mass is 79.9. The van der Waals surface area contributed by atoms with Gasteiger partial charge in [0.25, 0.3) is 5.91 Å². The molecular formula is C16H14BrClN2O. The average molecular weight is 366 g/mol. The minimum Gasteiger partial charge on any atom is -0.332 e. The van der Waals surface area contributed by atoms with Crippen LogP contribution in [0.5, 0.6) is 0 Å². The van der Waals surface area contributed by atoms with Gasteiger partial charge in [-0.25, -0.2) is 0 Å². The van der Waals surface area contributed by atoms with E-state index in [0.29, 0.717) is 10.6 Å². The topological polar surface area (TPSA) is 33.2 Å². The molecule has 0 bridgehead atoms. The second-order valence-corrected chi connectivity index (χ2v) is 6.39. The lowest BCUT2D eigenvalue weighted by Gasteiger charge is -2.25. The Labute approximate surface area is 137 Å². The zero-order valence-corrected chi connectivity index (χ0v) is 13.6. The summed E-state index contributed by atoms with van der Waals surface area (Å²) >= 11 is 9.61. The van der Waals surface area contributed by atoms with Gasteiger partial charge in [0.15, 0.2) is 0 Å². The summed E-state index contributed by atoms with van der Waals surface area (Å²) in [6, 6.07) is 9.87. The largest absolute Gasteiger partial charge is 0.332 e. The summed E-state index contributed by atoms with van der Waals surface area (Å²) in [5.74, 6) is -0.0458. The number of benzene rings is 1. The molecule has 2 heterocycles. The highest BCUT2D eigenvalue weighted by molar-refractivity contribution is 9.10. The quantitative estimate of drug-likeness (QED) is 0.786. The van der Waals surface area contributed by atoms with Gasteiger partial charge in [0.1, 0.15) is 0 Å². The summed E-state index contributed by atoms with van der Waals surface area (Å²) in [6.45, 7) is 0.751. The number of pyridine rings is 1. The number of carbonyl (C=O) groups is 1. The van der Waals surface area contributed by atoms with Crippen LogP contribution in [0.15, 0.2) is 47.2 Å². The van der Waals surface area contributed by atoms with E-state index in [2.05, 4.69) is 33.0 Å². The Kier molecular flexibility index (Phi) is 4.27. The van der Waals surface area contributed by atoms with E-state index in [9.17, 15) is 4.79 Å². The van der Waals surface area contributed by atoms with Crippen molar-refractivity contribution in [2.75, 3.05) is 6.54 Å². The van der Waals surface area contributed by atoms with Crippen molar-refractivity contribution in [1.29, 1.82) is 0 Å². The average Bonchev–Trinajstić information content (AvgIpc) is 2.96. The third-order valence-corrected chi connectivity index (χ3v) is 4.57. The summed E-state index contributed by atoms with van der Waals surface area (Å²) in [7, 11) is 0. The van der Waals surface area contributed by atoms with Crippen molar-refractivity contribution in [1.82, 2.24) is 9.88 Å². The second kappa shape index (κ2) is 6.16. The number of likely N-dealkylation sites (tertiary alicyclic amines) is 1. The van der Waals surface area contributed by atoms with Crippen molar-refractivity contribution in [3.63, 3.8) is 0 Å². The number of nitrogens with zero attached hydrogens (tertiary/aromatic N) is 2. The van der Waals surface area contributed by atoms with E-state index in [-0.39, 0.29) is 11.9 Å². The predicted octanol–water partition coefficient (Wildman–Crippen LogP) is 4.47. The van der Waals surface area contributed by atoms with Crippen molar-refractivity contribution in [2.45, 2.75) is 18.9 Å². The summed E-state index contributed by atoms with van der Waals surface area (Å²) < 4.78 is 1.03. The molecule has 1 aromatic carbocycles. The fraction of sp³-hybridized carbons (Fsp3) is 0.250. The lowest BCUT2D eigenvalue weighted by Crippen LogP contribution is -2.30. The third-order valence-electron chi connectivity index (χ3n) is 3.75. The number of halogens is 2. The second-order valence-electron chi connectivity index (χ2n) is 5.07. The van der Waals surface area contributed by atoms with E-state index in [4.69, 9.17) is 11.6 Å². The third kappa shape index (κ3) is 2.97. The maximum atomic E-state index is 12.7. The van der Waals surface area contributed by atoms with Gasteiger partial charge in [0, 0.05) is 23.4 Å². The lowest BCUT2D eigenvalue weighted by atomic mass is 10.0. The van der Waals surface area contributed by atoms with E-state index in [0.717, 1.165) is 29.4 Å². The maximum Gasteiger partial charge on any atom is 0.257 e. The molecule has 5 heteroatoms. The fourth-order valence-corrected chi connectivity index (χ4v) is 3.36. The Morgan fingerprint density at radius 3 is 3.00 bits per heavy atom. The van der Waals surface area contributed by atoms with Crippen molar-refractivity contribution in [2.24, 2.45) is 0 Å². The number of carbonyl (C=O) groups excluding carboxylic acids is 1. The van der Waals surface area contributed by atoms with Crippen LogP contribution in [0.1, 0.15) is 34.8 Å². The summed E-state index contributed by atoms with van der Waals surface area (Å²) in [4.78, 5) is 18.6. The molecule has 1 aliphatic rings. The monoisotopic (exact) mass is 364 g/mol. The van der Waals surface area contributed by atoms with Gasteiger partial charge in [-0.3, -0.25) is 9.78 Å². The molecule has 3 nitrogen and oxygen atoms in total. The first-order valence-electron chi connectivity index (χ1n) is 6.83. The SMILES string of the molecule is O=C(c1cnccc1Cl)N1CCCC1c1cccc(Br)c1. The Morgan fingerprint density at radius 2 is 2.24 bits per heavy atom. The molecule has 0 N–H and O–H groups in total. The van der Waals surface area contributed by atoms with Gasteiger partial charge in [0.05, 0.1) is 16.6 Å². The predicted molar refractivity (Wildman–Crippen MR) is 86.4 cm³/mol. The molecule has 1 unspecified atom stereocenters. The first-order valence-corrected chi connectivity index (χ1v) is 8.00. The molecule has 0 spiro atoms. The van der Waals surface area contributed by atoms with E-state index in [1.165, 1.54) is 0 Å². The van der Waals surface area contributed by atoms with Gasteiger partial charge in [-0.05, 0) is 36.6 Å². The van der Waals surface area contributed by atoms with Crippen LogP contribution in [0.4, 0.5) is 0 Å². The minimum atomic E-state index is -0.0458. The van der Waals surface area contributed by atoms with Crippen LogP contribution in [-0.4, -0.2) is 22.3 Å². The highest BCUT2D eigenvalue weighted by Crippen LogP contribution is 2.34. The van der Waals surface area contributed by atoms with Crippen LogP contribution in [0.2, 0.25) is 5.02 Å². The molecule has 108 valence electrons. The molecule has 0 radical (unpaired) electrons. The van der Waals surface area contributed by atoms with Crippen LogP contribution >= 0.6 is 27.5 Å². The standard InChI is InChI=1S/C16H14BrClN2O/c17-12-4-1-3-11(9-12)15-5-2-8-20(15)16(21)13-10-19-7-6-14(13)18/h1,3-4,6-7,9-10,15H,2,5,8H2. The van der Waals surface area contributed by atoms with Gasteiger partial charge in [-0.15, -0.1) is 0 Å². The van der Waals surface area contributed by atoms with Crippen molar-refractivity contribution >= 4 is 33.4 Å². The maximum absolute atomic E-state index is 12.7. The summed E-state index contributed by atoms with van der Waals surface area (Å²) in [5, 5.41) is 0.454. The molecule has 1 saturated heterocycles. The number of aromatic nitrogens is 1. The Morgan fingerprint density at radius 1 is 1.38 bits per heavy atom. The molecule has 1 fully saturated rings. The molecular weight excluding hydrogens is 352 g/mol. The van der Waals surface area contributed by atoms with Crippen LogP contribution in [-0.2, 0) is 0 Å². The molecule has 21 heavy (non-hydrogen) atoms. The van der Waals surface area contributed by atoms with E-state index < -0.39 is 0 Å². The molecule has 0 saturated carbocycles. The highest BCUT2D eigenvalue weighted by Gasteiger charge is 2.31. The lowest BCUT2D eigenvalue weighted by molar-refractivity contribution is 0.0735. The fourth-order valence-electron chi connectivity index (χ4n) is 2.76. The van der Waals surface area contributed by atoms with Crippen LogP contribution in [0.3, 0.4) is 0 Å². The van der Waals surface area contributed by atoms with Crippen molar-refractivity contribution < 1.29 is 4.79 Å². The number of rotatable bonds is 2. The van der Waals surface area contributed by atoms with Crippen LogP contribution in [0, 0.1) is 0 Å². The number of hydrogen-bond acceptors (Lipinski definition) is 2. The van der Waals surface area contributed by atoms with E-state index >= 15 is 0 Å². The zero-order chi connectivity index (χ0) is 14.8. The Balaban J connectivity index is 1.91. The summed E-state index contributed by atoms with van der Waals surface area (Å²) in [5.41, 5.74) is 1.62. The molecule has 1 atom stereocenters. The van der Waals surface area contributed by atoms with E-state index in [1.54, 1.807) is 18.5 Å². The smallest absolute Gasteiger partial charge is 0.257 e. The normalized spacial score (nSPS) is 18.0. The van der Waals surface area contributed by atoms with E-state index in [1.807, 2.05) is 17.0 Å². The molecule has 3 rings (SSSR count). The summed E-state index contributed by atoms with van der Waals surface area (Å²) in [6.07, 6.45) is 5.11.